The van der Waals surface area contributed by atoms with Crippen molar-refractivity contribution in [1.29, 1.82) is 0 Å². The van der Waals surface area contributed by atoms with Crippen molar-refractivity contribution >= 4 is 11.3 Å². The Labute approximate surface area is 95.3 Å². The van der Waals surface area contributed by atoms with Crippen molar-refractivity contribution in [3.8, 4) is 0 Å². The van der Waals surface area contributed by atoms with Gasteiger partial charge in [-0.3, -0.25) is 0 Å². The summed E-state index contributed by atoms with van der Waals surface area (Å²) in [6.45, 7) is 5.37. The molecule has 2 nitrogen and oxygen atoms in total. The van der Waals surface area contributed by atoms with Gasteiger partial charge in [-0.25, -0.2) is 0 Å². The minimum Gasteiger partial charge on any atom is -0.386 e. The number of nitrogens with one attached hydrogen (secondary N) is 1. The highest BCUT2D eigenvalue weighted by Gasteiger charge is 2.27. The first-order valence-corrected chi connectivity index (χ1v) is 6.52. The zero-order valence-electron chi connectivity index (χ0n) is 9.36. The van der Waals surface area contributed by atoms with E-state index in [-0.39, 0.29) is 12.1 Å². The van der Waals surface area contributed by atoms with Crippen LogP contribution in [0, 0.1) is 12.8 Å². The minimum atomic E-state index is -0.326. The number of aliphatic hydroxyl groups excluding tert-OH is 1. The highest BCUT2D eigenvalue weighted by Crippen LogP contribution is 2.30. The first-order valence-electron chi connectivity index (χ1n) is 5.64. The Kier molecular flexibility index (Phi) is 3.44. The second-order valence-electron chi connectivity index (χ2n) is 4.60. The Balaban J connectivity index is 2.07. The zero-order valence-corrected chi connectivity index (χ0v) is 10.2. The molecule has 0 aromatic carbocycles. The number of hydrogen-bond donors (Lipinski definition) is 2. The van der Waals surface area contributed by atoms with E-state index < -0.39 is 0 Å². The highest BCUT2D eigenvalue weighted by molar-refractivity contribution is 7.10. The van der Waals surface area contributed by atoms with E-state index >= 15 is 0 Å². The van der Waals surface area contributed by atoms with Gasteiger partial charge in [0, 0.05) is 10.9 Å². The molecule has 1 fully saturated rings. The average molecular weight is 225 g/mol. The Bertz CT molecular complexity index is 323. The summed E-state index contributed by atoms with van der Waals surface area (Å²) in [5.74, 6) is 0.728. The van der Waals surface area contributed by atoms with Crippen molar-refractivity contribution in [2.45, 2.75) is 38.8 Å². The van der Waals surface area contributed by atoms with E-state index in [1.54, 1.807) is 11.3 Å². The molecular weight excluding hydrogens is 206 g/mol. The van der Waals surface area contributed by atoms with Gasteiger partial charge in [0.1, 0.15) is 6.10 Å². The molecule has 2 heterocycles. The maximum atomic E-state index is 10.3. The third kappa shape index (κ3) is 2.41. The third-order valence-corrected chi connectivity index (χ3v) is 4.34. The number of aryl methyl sites for hydroxylation is 1. The summed E-state index contributed by atoms with van der Waals surface area (Å²) in [5.41, 5.74) is 1.22. The average Bonchev–Trinajstić information content (AvgIpc) is 2.63. The molecule has 3 heteroatoms. The quantitative estimate of drug-likeness (QED) is 0.810. The van der Waals surface area contributed by atoms with Crippen LogP contribution in [0.3, 0.4) is 0 Å². The Hall–Kier alpha value is -0.380. The fourth-order valence-corrected chi connectivity index (χ4v) is 3.24. The molecule has 0 bridgehead atoms. The molecule has 1 aromatic rings. The maximum absolute atomic E-state index is 10.3. The van der Waals surface area contributed by atoms with Crippen LogP contribution in [0.5, 0.6) is 0 Å². The van der Waals surface area contributed by atoms with Crippen LogP contribution in [-0.2, 0) is 0 Å². The van der Waals surface area contributed by atoms with Crippen LogP contribution in [0.4, 0.5) is 0 Å². The van der Waals surface area contributed by atoms with Gasteiger partial charge in [0.15, 0.2) is 0 Å². The van der Waals surface area contributed by atoms with Gasteiger partial charge in [-0.05, 0) is 49.2 Å². The van der Waals surface area contributed by atoms with Crippen LogP contribution in [0.15, 0.2) is 11.4 Å². The monoisotopic (exact) mass is 225 g/mol. The first-order chi connectivity index (χ1) is 7.18. The lowest BCUT2D eigenvalue weighted by Gasteiger charge is -2.31. The van der Waals surface area contributed by atoms with E-state index in [9.17, 15) is 5.11 Å². The molecule has 3 atom stereocenters. The summed E-state index contributed by atoms with van der Waals surface area (Å²) in [7, 11) is 0. The van der Waals surface area contributed by atoms with Gasteiger partial charge in [0.25, 0.3) is 0 Å². The lowest BCUT2D eigenvalue weighted by Crippen LogP contribution is -2.41. The molecule has 84 valence electrons. The summed E-state index contributed by atoms with van der Waals surface area (Å²) in [6, 6.07) is 2.32. The van der Waals surface area contributed by atoms with Gasteiger partial charge in [0.05, 0.1) is 0 Å². The second kappa shape index (κ2) is 4.64. The Morgan fingerprint density at radius 1 is 1.60 bits per heavy atom. The molecule has 2 N–H and O–H groups in total. The van der Waals surface area contributed by atoms with Gasteiger partial charge < -0.3 is 10.4 Å². The number of hydrogen-bond acceptors (Lipinski definition) is 3. The minimum absolute atomic E-state index is 0.242. The third-order valence-electron chi connectivity index (χ3n) is 3.25. The van der Waals surface area contributed by atoms with Gasteiger partial charge in [-0.15, -0.1) is 11.3 Å². The van der Waals surface area contributed by atoms with Crippen LogP contribution < -0.4 is 5.32 Å². The smallest absolute Gasteiger partial charge is 0.104 e. The van der Waals surface area contributed by atoms with Crippen molar-refractivity contribution in [3.63, 3.8) is 0 Å². The molecule has 0 saturated carbocycles. The lowest BCUT2D eigenvalue weighted by atomic mass is 9.90. The molecule has 1 aliphatic heterocycles. The van der Waals surface area contributed by atoms with Gasteiger partial charge >= 0.3 is 0 Å². The molecule has 0 radical (unpaired) electrons. The highest BCUT2D eigenvalue weighted by atomic mass is 32.1. The maximum Gasteiger partial charge on any atom is 0.104 e. The summed E-state index contributed by atoms with van der Waals surface area (Å²) in [6.07, 6.45) is 1.98. The molecular formula is C12H19NOS. The van der Waals surface area contributed by atoms with Crippen LogP contribution in [0.25, 0.3) is 0 Å². The number of rotatable bonds is 2. The lowest BCUT2D eigenvalue weighted by molar-refractivity contribution is 0.104. The summed E-state index contributed by atoms with van der Waals surface area (Å²) in [4.78, 5) is 1.13. The largest absolute Gasteiger partial charge is 0.386 e. The summed E-state index contributed by atoms with van der Waals surface area (Å²) in [5, 5.41) is 15.8. The molecule has 3 unspecified atom stereocenters. The molecule has 1 saturated heterocycles. The van der Waals surface area contributed by atoms with E-state index in [1.807, 2.05) is 0 Å². The van der Waals surface area contributed by atoms with E-state index in [0.717, 1.165) is 23.8 Å². The van der Waals surface area contributed by atoms with Crippen LogP contribution in [-0.4, -0.2) is 17.7 Å². The van der Waals surface area contributed by atoms with E-state index in [0.29, 0.717) is 0 Å². The van der Waals surface area contributed by atoms with Gasteiger partial charge in [-0.2, -0.15) is 0 Å². The van der Waals surface area contributed by atoms with E-state index in [1.165, 1.54) is 12.0 Å². The molecule has 0 spiro atoms. The summed E-state index contributed by atoms with van der Waals surface area (Å²) >= 11 is 1.66. The number of thiophene rings is 1. The molecule has 2 rings (SSSR count). The normalized spacial score (nSPS) is 29.0. The fourth-order valence-electron chi connectivity index (χ4n) is 2.26. The Morgan fingerprint density at radius 2 is 2.40 bits per heavy atom. The number of piperidine rings is 1. The number of aliphatic hydroxyl groups is 1. The predicted octanol–water partition coefficient (Wildman–Crippen LogP) is 2.48. The van der Waals surface area contributed by atoms with Crippen LogP contribution in [0.2, 0.25) is 0 Å². The first kappa shape index (κ1) is 11.1. The van der Waals surface area contributed by atoms with Gasteiger partial charge in [0.2, 0.25) is 0 Å². The molecule has 1 aromatic heterocycles. The van der Waals surface area contributed by atoms with Crippen molar-refractivity contribution in [1.82, 2.24) is 5.32 Å². The molecule has 15 heavy (non-hydrogen) atoms. The van der Waals surface area contributed by atoms with E-state index in [4.69, 9.17) is 0 Å². The zero-order chi connectivity index (χ0) is 10.8. The molecule has 0 amide bonds. The van der Waals surface area contributed by atoms with Crippen LogP contribution >= 0.6 is 11.3 Å². The molecule has 1 aliphatic rings. The van der Waals surface area contributed by atoms with Gasteiger partial charge in [-0.1, -0.05) is 6.92 Å². The Morgan fingerprint density at radius 3 is 3.00 bits per heavy atom. The van der Waals surface area contributed by atoms with Crippen LogP contribution in [0.1, 0.15) is 36.3 Å². The van der Waals surface area contributed by atoms with Crippen molar-refractivity contribution in [2.75, 3.05) is 6.54 Å². The standard InChI is InChI=1S/C12H19NOS/c1-8-3-5-13-10(7-8)11(14)12-9(2)4-6-15-12/h4,6,8,10-11,13-14H,3,5,7H2,1-2H3. The van der Waals surface area contributed by atoms with Crippen molar-refractivity contribution in [2.24, 2.45) is 5.92 Å². The second-order valence-corrected chi connectivity index (χ2v) is 5.55. The predicted molar refractivity (Wildman–Crippen MR) is 64.2 cm³/mol. The van der Waals surface area contributed by atoms with Crippen molar-refractivity contribution < 1.29 is 5.11 Å². The molecule has 0 aliphatic carbocycles. The fraction of sp³-hybridized carbons (Fsp3) is 0.667. The summed E-state index contributed by atoms with van der Waals surface area (Å²) < 4.78 is 0. The van der Waals surface area contributed by atoms with E-state index in [2.05, 4.69) is 30.6 Å². The topological polar surface area (TPSA) is 32.3 Å². The van der Waals surface area contributed by atoms with Crippen molar-refractivity contribution in [3.05, 3.63) is 21.9 Å². The SMILES string of the molecule is Cc1ccsc1C(O)C1CC(C)CCN1.